The zero-order valence-electron chi connectivity index (χ0n) is 14.2. The van der Waals surface area contributed by atoms with Crippen molar-refractivity contribution in [3.63, 3.8) is 0 Å². The molecule has 7 nitrogen and oxygen atoms in total. The number of sulfonamides is 1. The number of aromatic carboxylic acids is 1. The molecule has 0 saturated carbocycles. The molecule has 0 fully saturated rings. The molecule has 2 N–H and O–H groups in total. The third kappa shape index (κ3) is 4.42. The highest BCUT2D eigenvalue weighted by Gasteiger charge is 2.20. The quantitative estimate of drug-likeness (QED) is 0.726. The van der Waals surface area contributed by atoms with Gasteiger partial charge in [-0.1, -0.05) is 0 Å². The van der Waals surface area contributed by atoms with Gasteiger partial charge in [0.15, 0.2) is 11.5 Å². The van der Waals surface area contributed by atoms with E-state index in [2.05, 4.69) is 4.72 Å². The van der Waals surface area contributed by atoms with E-state index in [9.17, 15) is 17.6 Å². The predicted octanol–water partition coefficient (Wildman–Crippen LogP) is 3.12. The summed E-state index contributed by atoms with van der Waals surface area (Å²) in [6.45, 7) is 4.36. The van der Waals surface area contributed by atoms with Crippen LogP contribution in [0.3, 0.4) is 0 Å². The maximum absolute atomic E-state index is 13.5. The molecule has 0 aliphatic rings. The minimum Gasteiger partial charge on any atom is -0.490 e. The summed E-state index contributed by atoms with van der Waals surface area (Å²) in [7, 11) is -4.12. The topological polar surface area (TPSA) is 102 Å². The van der Waals surface area contributed by atoms with E-state index in [1.807, 2.05) is 0 Å². The minimum atomic E-state index is -4.12. The van der Waals surface area contributed by atoms with Crippen molar-refractivity contribution in [1.82, 2.24) is 0 Å². The third-order valence-corrected chi connectivity index (χ3v) is 4.65. The van der Waals surface area contributed by atoms with E-state index >= 15 is 0 Å². The molecule has 0 aliphatic heterocycles. The second kappa shape index (κ2) is 8.05. The molecule has 2 aromatic carbocycles. The van der Waals surface area contributed by atoms with Gasteiger partial charge in [-0.2, -0.15) is 0 Å². The van der Waals surface area contributed by atoms with Gasteiger partial charge >= 0.3 is 5.97 Å². The normalized spacial score (nSPS) is 11.0. The average molecular weight is 383 g/mol. The van der Waals surface area contributed by atoms with Gasteiger partial charge in [-0.3, -0.25) is 4.72 Å². The van der Waals surface area contributed by atoms with Crippen LogP contribution in [0.25, 0.3) is 0 Å². The summed E-state index contributed by atoms with van der Waals surface area (Å²) in [4.78, 5) is 10.6. The van der Waals surface area contributed by atoms with Crippen LogP contribution in [0, 0.1) is 5.82 Å². The van der Waals surface area contributed by atoms with Crippen molar-refractivity contribution in [2.24, 2.45) is 0 Å². The van der Waals surface area contributed by atoms with E-state index in [1.54, 1.807) is 19.9 Å². The van der Waals surface area contributed by atoms with Crippen molar-refractivity contribution in [3.05, 3.63) is 47.8 Å². The molecule has 0 heterocycles. The van der Waals surface area contributed by atoms with Crippen molar-refractivity contribution in [2.45, 2.75) is 18.7 Å². The first kappa shape index (κ1) is 19.5. The van der Waals surface area contributed by atoms with Gasteiger partial charge in [0.1, 0.15) is 5.82 Å². The van der Waals surface area contributed by atoms with Crippen molar-refractivity contribution >= 4 is 21.7 Å². The molecule has 0 aromatic heterocycles. The number of carboxylic acid groups (broad SMARTS) is 1. The maximum Gasteiger partial charge on any atom is 0.338 e. The van der Waals surface area contributed by atoms with Gasteiger partial charge in [0.2, 0.25) is 0 Å². The third-order valence-electron chi connectivity index (χ3n) is 3.27. The minimum absolute atomic E-state index is 0.193. The number of ether oxygens (including phenoxy) is 2. The summed E-state index contributed by atoms with van der Waals surface area (Å²) in [6, 6.07) is 7.03. The number of nitrogens with one attached hydrogen (secondary N) is 1. The van der Waals surface area contributed by atoms with Gasteiger partial charge in [0.25, 0.3) is 10.0 Å². The summed E-state index contributed by atoms with van der Waals surface area (Å²) in [5, 5.41) is 8.94. The van der Waals surface area contributed by atoms with Crippen LogP contribution in [0.4, 0.5) is 10.1 Å². The number of carboxylic acids is 1. The zero-order valence-corrected chi connectivity index (χ0v) is 15.0. The van der Waals surface area contributed by atoms with E-state index in [4.69, 9.17) is 14.6 Å². The van der Waals surface area contributed by atoms with E-state index < -0.39 is 27.4 Å². The van der Waals surface area contributed by atoms with Gasteiger partial charge in [0, 0.05) is 6.07 Å². The Morgan fingerprint density at radius 3 is 2.35 bits per heavy atom. The fraction of sp³-hybridized carbons (Fsp3) is 0.235. The standard InChI is InChI=1S/C17H18FNO6S/c1-3-24-15-8-5-11(9-16(15)25-4-2)19-26(22,23)12-6-7-14(18)13(10-12)17(20)21/h5-10,19H,3-4H2,1-2H3,(H,20,21). The Kier molecular flexibility index (Phi) is 6.04. The van der Waals surface area contributed by atoms with Crippen LogP contribution >= 0.6 is 0 Å². The average Bonchev–Trinajstić information content (AvgIpc) is 2.57. The Hall–Kier alpha value is -2.81. The molecular weight excluding hydrogens is 365 g/mol. The predicted molar refractivity (Wildman–Crippen MR) is 92.9 cm³/mol. The van der Waals surface area contributed by atoms with E-state index in [-0.39, 0.29) is 10.6 Å². The SMILES string of the molecule is CCOc1ccc(NS(=O)(=O)c2ccc(F)c(C(=O)O)c2)cc1OCC. The van der Waals surface area contributed by atoms with Gasteiger partial charge in [-0.05, 0) is 44.2 Å². The molecule has 0 spiro atoms. The van der Waals surface area contributed by atoms with Gasteiger partial charge in [-0.25, -0.2) is 17.6 Å². The molecule has 0 amide bonds. The lowest BCUT2D eigenvalue weighted by Crippen LogP contribution is -2.14. The molecule has 2 rings (SSSR count). The number of hydrogen-bond acceptors (Lipinski definition) is 5. The number of benzene rings is 2. The summed E-state index contributed by atoms with van der Waals surface area (Å²) in [5.41, 5.74) is -0.535. The first-order valence-corrected chi connectivity index (χ1v) is 9.22. The zero-order chi connectivity index (χ0) is 19.3. The highest BCUT2D eigenvalue weighted by Crippen LogP contribution is 2.31. The lowest BCUT2D eigenvalue weighted by molar-refractivity contribution is 0.0691. The summed E-state index contributed by atoms with van der Waals surface area (Å²) in [5.74, 6) is -1.75. The molecule has 0 saturated heterocycles. The fourth-order valence-corrected chi connectivity index (χ4v) is 3.24. The second-order valence-corrected chi connectivity index (χ2v) is 6.76. The molecule has 0 aliphatic carbocycles. The van der Waals surface area contributed by atoms with Crippen LogP contribution in [0.5, 0.6) is 11.5 Å². The smallest absolute Gasteiger partial charge is 0.338 e. The Morgan fingerprint density at radius 2 is 1.73 bits per heavy atom. The van der Waals surface area contributed by atoms with Crippen LogP contribution in [0.15, 0.2) is 41.3 Å². The van der Waals surface area contributed by atoms with E-state index in [0.29, 0.717) is 24.7 Å². The summed E-state index contributed by atoms with van der Waals surface area (Å²) < 4.78 is 51.5. The van der Waals surface area contributed by atoms with Crippen LogP contribution in [-0.2, 0) is 10.0 Å². The summed E-state index contributed by atoms with van der Waals surface area (Å²) >= 11 is 0. The largest absolute Gasteiger partial charge is 0.490 e. The van der Waals surface area contributed by atoms with Gasteiger partial charge in [0.05, 0.1) is 29.4 Å². The van der Waals surface area contributed by atoms with Crippen LogP contribution in [0.2, 0.25) is 0 Å². The van der Waals surface area contributed by atoms with Crippen molar-refractivity contribution in [2.75, 3.05) is 17.9 Å². The number of anilines is 1. The van der Waals surface area contributed by atoms with Gasteiger partial charge in [-0.15, -0.1) is 0 Å². The highest BCUT2D eigenvalue weighted by atomic mass is 32.2. The first-order chi connectivity index (χ1) is 12.3. The maximum atomic E-state index is 13.5. The van der Waals surface area contributed by atoms with Crippen LogP contribution in [-0.4, -0.2) is 32.7 Å². The lowest BCUT2D eigenvalue weighted by Gasteiger charge is -2.14. The number of halogens is 1. The lowest BCUT2D eigenvalue weighted by atomic mass is 10.2. The molecule has 0 atom stereocenters. The molecule has 140 valence electrons. The van der Waals surface area contributed by atoms with E-state index in [0.717, 1.165) is 18.2 Å². The Labute approximate surface area is 150 Å². The van der Waals surface area contributed by atoms with Crippen molar-refractivity contribution in [1.29, 1.82) is 0 Å². The molecule has 9 heteroatoms. The van der Waals surface area contributed by atoms with Crippen molar-refractivity contribution < 1.29 is 32.2 Å². The first-order valence-electron chi connectivity index (χ1n) is 7.73. The Balaban J connectivity index is 2.36. The Bertz CT molecular complexity index is 913. The molecule has 2 aromatic rings. The van der Waals surface area contributed by atoms with E-state index in [1.165, 1.54) is 12.1 Å². The number of rotatable bonds is 8. The van der Waals surface area contributed by atoms with Crippen LogP contribution in [0.1, 0.15) is 24.2 Å². The summed E-state index contributed by atoms with van der Waals surface area (Å²) in [6.07, 6.45) is 0. The highest BCUT2D eigenvalue weighted by molar-refractivity contribution is 7.92. The second-order valence-electron chi connectivity index (χ2n) is 5.08. The number of carbonyl (C=O) groups is 1. The number of hydrogen-bond donors (Lipinski definition) is 2. The molecule has 0 unspecified atom stereocenters. The Morgan fingerprint density at radius 1 is 1.08 bits per heavy atom. The van der Waals surface area contributed by atoms with Crippen molar-refractivity contribution in [3.8, 4) is 11.5 Å². The molecular formula is C17H18FNO6S. The van der Waals surface area contributed by atoms with Crippen LogP contribution < -0.4 is 14.2 Å². The molecule has 26 heavy (non-hydrogen) atoms. The molecule has 0 bridgehead atoms. The monoisotopic (exact) mass is 383 g/mol. The molecule has 0 radical (unpaired) electrons. The van der Waals surface area contributed by atoms with Gasteiger partial charge < -0.3 is 14.6 Å². The fourth-order valence-electron chi connectivity index (χ4n) is 2.16.